The Morgan fingerprint density at radius 3 is 2.67 bits per heavy atom. The van der Waals surface area contributed by atoms with Crippen molar-refractivity contribution in [1.29, 1.82) is 0 Å². The van der Waals surface area contributed by atoms with E-state index in [1.165, 1.54) is 0 Å². The molecule has 2 amide bonds. The summed E-state index contributed by atoms with van der Waals surface area (Å²) in [6, 6.07) is 17.2. The van der Waals surface area contributed by atoms with Gasteiger partial charge >= 0.3 is 0 Å². The van der Waals surface area contributed by atoms with Gasteiger partial charge < -0.3 is 20.3 Å². The third-order valence-corrected chi connectivity index (χ3v) is 7.12. The smallest absolute Gasteiger partial charge is 0.249 e. The summed E-state index contributed by atoms with van der Waals surface area (Å²) >= 11 is 3.55. The topological polar surface area (TPSA) is 70.7 Å². The molecule has 2 unspecified atom stereocenters. The van der Waals surface area contributed by atoms with Crippen LogP contribution in [0.3, 0.4) is 0 Å². The molecular formula is C28H33BrClN3O3. The van der Waals surface area contributed by atoms with Gasteiger partial charge in [0.15, 0.2) is 0 Å². The maximum atomic E-state index is 13.9. The van der Waals surface area contributed by atoms with Crippen LogP contribution in [-0.2, 0) is 22.6 Å². The lowest BCUT2D eigenvalue weighted by molar-refractivity contribution is -0.129. The number of aryl methyl sites for hydroxylation is 1. The van der Waals surface area contributed by atoms with Gasteiger partial charge in [0.2, 0.25) is 11.8 Å². The van der Waals surface area contributed by atoms with Crippen molar-refractivity contribution >= 4 is 56.6 Å². The largest absolute Gasteiger partial charge is 0.496 e. The average molecular weight is 575 g/mol. The van der Waals surface area contributed by atoms with Gasteiger partial charge in [0.25, 0.3) is 0 Å². The Bertz CT molecular complexity index is 1240. The monoisotopic (exact) mass is 573 g/mol. The SMILES string of the molecule is CCNC(CC)C(=O)NC1CCc2ccccc2N(Cc2c(OC)ccc3cc(Br)ccc23)C1=O.Cl. The van der Waals surface area contributed by atoms with Crippen molar-refractivity contribution in [2.75, 3.05) is 18.6 Å². The Hall–Kier alpha value is -2.61. The standard InChI is InChI=1S/C28H32BrN3O3.ClH/c1-4-23(30-5-2)27(33)31-24-14-10-18-8-6-7-9-25(18)32(28(24)34)17-22-21-13-12-20(29)16-19(21)11-15-26(22)35-3;/h6-9,11-13,15-16,23-24,30H,4-5,10,14,17H2,1-3H3,(H,31,33);1H. The minimum absolute atomic E-state index is 0. The number of halogens is 2. The summed E-state index contributed by atoms with van der Waals surface area (Å²) in [5, 5.41) is 8.33. The molecule has 0 aromatic heterocycles. The molecule has 0 bridgehead atoms. The molecule has 1 aliphatic heterocycles. The number of carbonyl (C=O) groups is 2. The summed E-state index contributed by atoms with van der Waals surface area (Å²) in [5.74, 6) is 0.491. The van der Waals surface area contributed by atoms with Crippen LogP contribution in [0.4, 0.5) is 5.69 Å². The number of hydrogen-bond acceptors (Lipinski definition) is 4. The van der Waals surface area contributed by atoms with Gasteiger partial charge in [-0.1, -0.05) is 60.1 Å². The van der Waals surface area contributed by atoms with Gasteiger partial charge in [-0.05, 0) is 66.4 Å². The van der Waals surface area contributed by atoms with Gasteiger partial charge in [-0.3, -0.25) is 9.59 Å². The maximum absolute atomic E-state index is 13.9. The van der Waals surface area contributed by atoms with E-state index in [9.17, 15) is 9.59 Å². The van der Waals surface area contributed by atoms with E-state index in [1.807, 2.05) is 56.3 Å². The fourth-order valence-electron chi connectivity index (χ4n) is 4.81. The second-order valence-electron chi connectivity index (χ2n) is 8.78. The number of methoxy groups -OCH3 is 1. The fraction of sp³-hybridized carbons (Fsp3) is 0.357. The molecule has 0 fully saturated rings. The van der Waals surface area contributed by atoms with E-state index in [4.69, 9.17) is 4.74 Å². The molecule has 3 aromatic rings. The molecule has 1 aliphatic rings. The van der Waals surface area contributed by atoms with E-state index in [0.717, 1.165) is 37.8 Å². The molecular weight excluding hydrogens is 542 g/mol. The molecule has 4 rings (SSSR count). The second-order valence-corrected chi connectivity index (χ2v) is 9.70. The molecule has 8 heteroatoms. The molecule has 192 valence electrons. The van der Waals surface area contributed by atoms with Crippen LogP contribution in [-0.4, -0.2) is 37.6 Å². The summed E-state index contributed by atoms with van der Waals surface area (Å²) in [6.45, 7) is 4.98. The average Bonchev–Trinajstić information content (AvgIpc) is 2.99. The van der Waals surface area contributed by atoms with Crippen molar-refractivity contribution in [2.45, 2.75) is 51.7 Å². The zero-order chi connectivity index (χ0) is 24.9. The van der Waals surface area contributed by atoms with Crippen LogP contribution in [0.25, 0.3) is 10.8 Å². The Kier molecular flexibility index (Phi) is 9.77. The normalized spacial score (nSPS) is 16.1. The molecule has 0 spiro atoms. The van der Waals surface area contributed by atoms with Gasteiger partial charge in [-0.15, -0.1) is 12.4 Å². The van der Waals surface area contributed by atoms with Crippen molar-refractivity contribution in [3.63, 3.8) is 0 Å². The molecule has 2 atom stereocenters. The van der Waals surface area contributed by atoms with E-state index in [0.29, 0.717) is 32.4 Å². The van der Waals surface area contributed by atoms with Crippen molar-refractivity contribution in [2.24, 2.45) is 0 Å². The molecule has 36 heavy (non-hydrogen) atoms. The number of ether oxygens (including phenoxy) is 1. The minimum atomic E-state index is -0.599. The number of likely N-dealkylation sites (N-methyl/N-ethyl adjacent to an activating group) is 1. The fourth-order valence-corrected chi connectivity index (χ4v) is 5.19. The summed E-state index contributed by atoms with van der Waals surface area (Å²) in [5.41, 5.74) is 2.91. The van der Waals surface area contributed by atoms with Crippen molar-refractivity contribution in [3.05, 3.63) is 70.2 Å². The number of rotatable bonds is 8. The van der Waals surface area contributed by atoms with E-state index in [1.54, 1.807) is 12.0 Å². The van der Waals surface area contributed by atoms with Crippen LogP contribution < -0.4 is 20.3 Å². The molecule has 0 saturated heterocycles. The number of nitrogens with zero attached hydrogens (tertiary/aromatic N) is 1. The highest BCUT2D eigenvalue weighted by atomic mass is 79.9. The number of anilines is 1. The van der Waals surface area contributed by atoms with Crippen LogP contribution in [0.15, 0.2) is 59.1 Å². The third-order valence-electron chi connectivity index (χ3n) is 6.63. The van der Waals surface area contributed by atoms with E-state index < -0.39 is 6.04 Å². The van der Waals surface area contributed by atoms with Gasteiger partial charge in [-0.2, -0.15) is 0 Å². The first kappa shape index (κ1) is 28.0. The molecule has 0 saturated carbocycles. The number of carbonyl (C=O) groups excluding carboxylic acids is 2. The van der Waals surface area contributed by atoms with Gasteiger partial charge in [0.05, 0.1) is 19.7 Å². The Morgan fingerprint density at radius 2 is 1.94 bits per heavy atom. The van der Waals surface area contributed by atoms with Crippen molar-refractivity contribution in [1.82, 2.24) is 10.6 Å². The lowest BCUT2D eigenvalue weighted by Crippen LogP contribution is -2.53. The molecule has 0 radical (unpaired) electrons. The van der Waals surface area contributed by atoms with Gasteiger partial charge in [-0.25, -0.2) is 0 Å². The van der Waals surface area contributed by atoms with Crippen molar-refractivity contribution in [3.8, 4) is 5.75 Å². The van der Waals surface area contributed by atoms with Gasteiger partial charge in [0, 0.05) is 15.7 Å². The first-order valence-corrected chi connectivity index (χ1v) is 12.9. The summed E-state index contributed by atoms with van der Waals surface area (Å²) in [4.78, 5) is 28.7. The molecule has 3 aromatic carbocycles. The Labute approximate surface area is 227 Å². The number of fused-ring (bicyclic) bond motifs is 2. The zero-order valence-electron chi connectivity index (χ0n) is 20.8. The summed E-state index contributed by atoms with van der Waals surface area (Å²) < 4.78 is 6.71. The first-order chi connectivity index (χ1) is 17.0. The van der Waals surface area contributed by atoms with E-state index in [2.05, 4.69) is 38.7 Å². The number of benzene rings is 3. The molecule has 0 aliphatic carbocycles. The lowest BCUT2D eigenvalue weighted by Gasteiger charge is -2.28. The maximum Gasteiger partial charge on any atom is 0.249 e. The highest BCUT2D eigenvalue weighted by molar-refractivity contribution is 9.10. The molecule has 2 N–H and O–H groups in total. The molecule has 6 nitrogen and oxygen atoms in total. The lowest BCUT2D eigenvalue weighted by atomic mass is 10.0. The zero-order valence-corrected chi connectivity index (χ0v) is 23.2. The van der Waals surface area contributed by atoms with Crippen LogP contribution in [0.5, 0.6) is 5.75 Å². The number of hydrogen-bond donors (Lipinski definition) is 2. The van der Waals surface area contributed by atoms with Crippen LogP contribution in [0.2, 0.25) is 0 Å². The van der Waals surface area contributed by atoms with Crippen molar-refractivity contribution < 1.29 is 14.3 Å². The summed E-state index contributed by atoms with van der Waals surface area (Å²) in [7, 11) is 1.65. The number of nitrogens with one attached hydrogen (secondary N) is 2. The molecule has 1 heterocycles. The Morgan fingerprint density at radius 1 is 1.17 bits per heavy atom. The first-order valence-electron chi connectivity index (χ1n) is 12.1. The van der Waals surface area contributed by atoms with E-state index >= 15 is 0 Å². The highest BCUT2D eigenvalue weighted by Gasteiger charge is 2.33. The van der Waals surface area contributed by atoms with Crippen LogP contribution in [0.1, 0.15) is 37.8 Å². The minimum Gasteiger partial charge on any atom is -0.496 e. The van der Waals surface area contributed by atoms with Gasteiger partial charge in [0.1, 0.15) is 11.8 Å². The second kappa shape index (κ2) is 12.6. The van der Waals surface area contributed by atoms with E-state index in [-0.39, 0.29) is 30.3 Å². The Balaban J connectivity index is 0.00000361. The third kappa shape index (κ3) is 5.85. The predicted molar refractivity (Wildman–Crippen MR) is 151 cm³/mol. The highest BCUT2D eigenvalue weighted by Crippen LogP contribution is 2.35. The number of amides is 2. The summed E-state index contributed by atoms with van der Waals surface area (Å²) in [6.07, 6.45) is 1.93. The van der Waals surface area contributed by atoms with Crippen LogP contribution >= 0.6 is 28.3 Å². The quantitative estimate of drug-likeness (QED) is 0.379. The number of para-hydroxylation sites is 1. The predicted octanol–water partition coefficient (Wildman–Crippen LogP) is 5.39. The van der Waals surface area contributed by atoms with Crippen LogP contribution in [0, 0.1) is 0 Å².